The van der Waals surface area contributed by atoms with E-state index in [1.807, 2.05) is 0 Å². The van der Waals surface area contributed by atoms with Crippen molar-refractivity contribution in [2.45, 2.75) is 4.90 Å². The van der Waals surface area contributed by atoms with Crippen molar-refractivity contribution in [1.82, 2.24) is 4.72 Å². The maximum atomic E-state index is 11.5. The monoisotopic (exact) mass is 260 g/mol. The van der Waals surface area contributed by atoms with Crippen molar-refractivity contribution in [1.29, 1.82) is 0 Å². The van der Waals surface area contributed by atoms with Gasteiger partial charge >= 0.3 is 6.03 Å². The molecule has 0 heterocycles. The number of primary amides is 1. The third kappa shape index (κ3) is 2.81. The molecule has 9 nitrogen and oxygen atoms in total. The normalized spacial score (nSPS) is 10.8. The number of amides is 2. The van der Waals surface area contributed by atoms with Crippen molar-refractivity contribution in [2.24, 2.45) is 5.73 Å². The van der Waals surface area contributed by atoms with Gasteiger partial charge in [0.2, 0.25) is 0 Å². The highest BCUT2D eigenvalue weighted by Gasteiger charge is 2.21. The molecule has 2 amide bonds. The highest BCUT2D eigenvalue weighted by Crippen LogP contribution is 2.24. The van der Waals surface area contributed by atoms with Gasteiger partial charge in [0.05, 0.1) is 9.82 Å². The molecule has 0 spiro atoms. The number of hydrogen-bond acceptors (Lipinski definition) is 6. The summed E-state index contributed by atoms with van der Waals surface area (Å²) in [7, 11) is -4.22. The minimum Gasteiger partial charge on any atom is -0.393 e. The van der Waals surface area contributed by atoms with Crippen LogP contribution in [0.1, 0.15) is 0 Å². The van der Waals surface area contributed by atoms with Gasteiger partial charge in [0.15, 0.2) is 0 Å². The first-order chi connectivity index (χ1) is 7.74. The van der Waals surface area contributed by atoms with Crippen molar-refractivity contribution >= 4 is 27.4 Å². The van der Waals surface area contributed by atoms with Gasteiger partial charge in [-0.15, -0.1) is 0 Å². The van der Waals surface area contributed by atoms with Crippen LogP contribution in [0.15, 0.2) is 23.1 Å². The fourth-order valence-corrected chi connectivity index (χ4v) is 1.94. The van der Waals surface area contributed by atoms with Crippen LogP contribution in [0.5, 0.6) is 0 Å². The quantitative estimate of drug-likeness (QED) is 0.378. The van der Waals surface area contributed by atoms with Crippen LogP contribution >= 0.6 is 0 Å². The smallest absolute Gasteiger partial charge is 0.326 e. The third-order valence-electron chi connectivity index (χ3n) is 1.74. The van der Waals surface area contributed by atoms with E-state index in [9.17, 15) is 23.3 Å². The summed E-state index contributed by atoms with van der Waals surface area (Å²) in [5.41, 5.74) is 9.18. The van der Waals surface area contributed by atoms with Crippen molar-refractivity contribution in [2.75, 3.05) is 5.73 Å². The maximum Gasteiger partial charge on any atom is 0.326 e. The van der Waals surface area contributed by atoms with E-state index in [-0.39, 0.29) is 5.69 Å². The molecule has 0 aliphatic carbocycles. The number of carbonyl (C=O) groups excluding carboxylic acids is 1. The van der Waals surface area contributed by atoms with Gasteiger partial charge in [-0.2, -0.15) is 0 Å². The number of hydrogen-bond donors (Lipinski definition) is 3. The van der Waals surface area contributed by atoms with Crippen molar-refractivity contribution in [3.8, 4) is 0 Å². The minimum absolute atomic E-state index is 0.187. The predicted molar refractivity (Wildman–Crippen MR) is 57.4 cm³/mol. The molecule has 0 aromatic heterocycles. The first kappa shape index (κ1) is 12.7. The lowest BCUT2D eigenvalue weighted by molar-refractivity contribution is -0.384. The van der Waals surface area contributed by atoms with Crippen LogP contribution in [0.4, 0.5) is 16.2 Å². The van der Waals surface area contributed by atoms with Gasteiger partial charge in [-0.25, -0.2) is 17.9 Å². The summed E-state index contributed by atoms with van der Waals surface area (Å²) in [4.78, 5) is 19.7. The SMILES string of the molecule is NC(=O)NS(=O)(=O)c1ccc(N)c([N+](=O)[O-])c1. The lowest BCUT2D eigenvalue weighted by atomic mass is 10.3. The summed E-state index contributed by atoms with van der Waals surface area (Å²) in [6.45, 7) is 0. The Kier molecular flexibility index (Phi) is 3.18. The molecular weight excluding hydrogens is 252 g/mol. The van der Waals surface area contributed by atoms with Gasteiger partial charge in [-0.3, -0.25) is 10.1 Å². The lowest BCUT2D eigenvalue weighted by Crippen LogP contribution is -2.34. The van der Waals surface area contributed by atoms with Crippen LogP contribution in [0.25, 0.3) is 0 Å². The molecule has 0 atom stereocenters. The molecule has 1 aromatic rings. The summed E-state index contributed by atoms with van der Waals surface area (Å²) in [6, 6.07) is 1.52. The Balaban J connectivity index is 3.30. The molecule has 1 aromatic carbocycles. The van der Waals surface area contributed by atoms with E-state index in [4.69, 9.17) is 5.73 Å². The number of nitrogens with two attached hydrogens (primary N) is 2. The topological polar surface area (TPSA) is 158 Å². The fourth-order valence-electron chi connectivity index (χ4n) is 1.04. The number of rotatable bonds is 3. The number of sulfonamides is 1. The lowest BCUT2D eigenvalue weighted by Gasteiger charge is -2.04. The first-order valence-electron chi connectivity index (χ1n) is 4.10. The number of nitrogens with zero attached hydrogens (tertiary/aromatic N) is 1. The molecule has 0 aliphatic rings. The second kappa shape index (κ2) is 4.25. The van der Waals surface area contributed by atoms with Crippen LogP contribution in [0, 0.1) is 10.1 Å². The summed E-state index contributed by atoms with van der Waals surface area (Å²) in [5, 5.41) is 10.5. The second-order valence-electron chi connectivity index (χ2n) is 2.95. The van der Waals surface area contributed by atoms with Gasteiger partial charge in [0, 0.05) is 6.07 Å². The molecule has 0 saturated heterocycles. The van der Waals surface area contributed by atoms with E-state index < -0.39 is 31.6 Å². The zero-order valence-electron chi connectivity index (χ0n) is 8.28. The Morgan fingerprint density at radius 2 is 2.00 bits per heavy atom. The average Bonchev–Trinajstić information content (AvgIpc) is 2.15. The van der Waals surface area contributed by atoms with Crippen LogP contribution in [0.2, 0.25) is 0 Å². The number of nitro groups is 1. The van der Waals surface area contributed by atoms with Gasteiger partial charge < -0.3 is 11.5 Å². The second-order valence-corrected chi connectivity index (χ2v) is 4.63. The van der Waals surface area contributed by atoms with E-state index in [1.165, 1.54) is 4.72 Å². The minimum atomic E-state index is -4.22. The fraction of sp³-hybridized carbons (Fsp3) is 0. The van der Waals surface area contributed by atoms with Gasteiger partial charge in [0.25, 0.3) is 15.7 Å². The molecule has 1 rings (SSSR count). The van der Waals surface area contributed by atoms with E-state index in [1.54, 1.807) is 0 Å². The number of nitrogens with one attached hydrogen (secondary N) is 1. The molecule has 5 N–H and O–H groups in total. The Morgan fingerprint density at radius 3 is 2.47 bits per heavy atom. The maximum absolute atomic E-state index is 11.5. The zero-order valence-corrected chi connectivity index (χ0v) is 9.10. The molecule has 0 fully saturated rings. The average molecular weight is 260 g/mol. The van der Waals surface area contributed by atoms with E-state index in [0.717, 1.165) is 18.2 Å². The number of benzene rings is 1. The molecule has 0 bridgehead atoms. The molecule has 10 heteroatoms. The molecule has 0 radical (unpaired) electrons. The number of anilines is 1. The van der Waals surface area contributed by atoms with Crippen LogP contribution in [0.3, 0.4) is 0 Å². The molecule has 0 aliphatic heterocycles. The number of urea groups is 1. The highest BCUT2D eigenvalue weighted by molar-refractivity contribution is 7.90. The summed E-state index contributed by atoms with van der Waals surface area (Å²) in [5.74, 6) is 0. The number of nitro benzene ring substituents is 1. The third-order valence-corrected chi connectivity index (χ3v) is 3.09. The molecule has 17 heavy (non-hydrogen) atoms. The first-order valence-corrected chi connectivity index (χ1v) is 5.58. The molecule has 0 unspecified atom stereocenters. The molecule has 92 valence electrons. The van der Waals surface area contributed by atoms with Crippen molar-refractivity contribution < 1.29 is 18.1 Å². The number of carbonyl (C=O) groups is 1. The highest BCUT2D eigenvalue weighted by atomic mass is 32.2. The van der Waals surface area contributed by atoms with Crippen molar-refractivity contribution in [3.05, 3.63) is 28.3 Å². The summed E-state index contributed by atoms with van der Waals surface area (Å²) >= 11 is 0. The van der Waals surface area contributed by atoms with Gasteiger partial charge in [-0.05, 0) is 12.1 Å². The van der Waals surface area contributed by atoms with Crippen LogP contribution in [-0.2, 0) is 10.0 Å². The largest absolute Gasteiger partial charge is 0.393 e. The standard InChI is InChI=1S/C7H8N4O5S/c8-5-2-1-4(3-6(5)11(13)14)17(15,16)10-7(9)12/h1-3H,8H2,(H3,9,10,12). The molecular formula is C7H8N4O5S. The summed E-state index contributed by atoms with van der Waals surface area (Å²) in [6.07, 6.45) is 0. The van der Waals surface area contributed by atoms with E-state index in [2.05, 4.69) is 5.73 Å². The summed E-state index contributed by atoms with van der Waals surface area (Å²) < 4.78 is 24.4. The zero-order chi connectivity index (χ0) is 13.2. The molecule has 0 saturated carbocycles. The van der Waals surface area contributed by atoms with Crippen LogP contribution < -0.4 is 16.2 Å². The van der Waals surface area contributed by atoms with Gasteiger partial charge in [-0.1, -0.05) is 0 Å². The Hall–Kier alpha value is -2.36. The van der Waals surface area contributed by atoms with Crippen molar-refractivity contribution in [3.63, 3.8) is 0 Å². The Labute approximate surface area is 95.6 Å². The van der Waals surface area contributed by atoms with Crippen LogP contribution in [-0.4, -0.2) is 19.4 Å². The van der Waals surface area contributed by atoms with E-state index in [0.29, 0.717) is 0 Å². The predicted octanol–water partition coefficient (Wildman–Crippen LogP) is -0.466. The van der Waals surface area contributed by atoms with E-state index >= 15 is 0 Å². The Morgan fingerprint density at radius 1 is 1.41 bits per heavy atom. The Bertz CT molecular complexity index is 582. The number of nitrogen functional groups attached to an aromatic ring is 1. The van der Waals surface area contributed by atoms with Gasteiger partial charge in [0.1, 0.15) is 5.69 Å².